The quantitative estimate of drug-likeness (QED) is 0.318. The normalized spacial score (nSPS) is 18.9. The van der Waals surface area contributed by atoms with Gasteiger partial charge in [-0.2, -0.15) is 0 Å². The number of aliphatic imine (C=N–C) groups is 1. The Balaban J connectivity index is 0.00000256. The topological polar surface area (TPSA) is 52.8 Å². The summed E-state index contributed by atoms with van der Waals surface area (Å²) in [6, 6.07) is 15.7. The summed E-state index contributed by atoms with van der Waals surface area (Å²) in [5.41, 5.74) is 1.23. The Morgan fingerprint density at radius 2 is 1.77 bits per heavy atom. The Morgan fingerprint density at radius 1 is 1.00 bits per heavy atom. The number of piperidine rings is 1. The molecule has 0 bridgehead atoms. The van der Waals surface area contributed by atoms with Crippen LogP contribution in [0.3, 0.4) is 0 Å². The van der Waals surface area contributed by atoms with Gasteiger partial charge in [-0.1, -0.05) is 43.2 Å². The van der Waals surface area contributed by atoms with Crippen molar-refractivity contribution in [3.63, 3.8) is 0 Å². The molecule has 4 rings (SSSR count). The van der Waals surface area contributed by atoms with Crippen LogP contribution in [0.1, 0.15) is 49.8 Å². The first-order chi connectivity index (χ1) is 14.4. The van der Waals surface area contributed by atoms with Crippen molar-refractivity contribution in [3.05, 3.63) is 60.1 Å². The van der Waals surface area contributed by atoms with E-state index in [1.807, 2.05) is 18.2 Å². The predicted octanol–water partition coefficient (Wildman–Crippen LogP) is 4.58. The van der Waals surface area contributed by atoms with Crippen LogP contribution in [0.2, 0.25) is 0 Å². The Morgan fingerprint density at radius 3 is 2.47 bits per heavy atom. The lowest BCUT2D eigenvalue weighted by Gasteiger charge is -2.36. The number of nitrogens with zero attached hydrogens (tertiary/aromatic N) is 2. The highest BCUT2D eigenvalue weighted by Crippen LogP contribution is 2.26. The van der Waals surface area contributed by atoms with Crippen molar-refractivity contribution in [3.8, 4) is 0 Å². The number of furan rings is 1. The zero-order valence-corrected chi connectivity index (χ0v) is 20.1. The molecular formula is C24H35IN4O. The van der Waals surface area contributed by atoms with Crippen molar-refractivity contribution in [1.82, 2.24) is 15.5 Å². The molecule has 1 saturated heterocycles. The molecule has 164 valence electrons. The standard InChI is InChI=1S/C24H34N4O.HI/c1-2-7-20(8-3-1)19-26-24(25-15-12-23-11-6-18-29-23)27-21-13-16-28(17-14-21)22-9-4-5-10-22;/h1-3,6-8,11,18,21-22H,4-5,9-10,12-17,19H2,(H2,25,26,27);1H. The average molecular weight is 522 g/mol. The number of rotatable bonds is 7. The molecule has 0 unspecified atom stereocenters. The van der Waals surface area contributed by atoms with Crippen molar-refractivity contribution in [2.24, 2.45) is 4.99 Å². The van der Waals surface area contributed by atoms with Gasteiger partial charge in [-0.3, -0.25) is 0 Å². The third-order valence-electron chi connectivity index (χ3n) is 6.22. The second-order valence-electron chi connectivity index (χ2n) is 8.30. The van der Waals surface area contributed by atoms with Gasteiger partial charge in [0.2, 0.25) is 0 Å². The molecule has 1 aliphatic heterocycles. The Bertz CT molecular complexity index is 736. The molecule has 2 aromatic rings. The molecular weight excluding hydrogens is 487 g/mol. The number of nitrogens with one attached hydrogen (secondary N) is 2. The highest BCUT2D eigenvalue weighted by molar-refractivity contribution is 14.0. The lowest BCUT2D eigenvalue weighted by molar-refractivity contribution is 0.150. The van der Waals surface area contributed by atoms with E-state index in [9.17, 15) is 0 Å². The molecule has 2 fully saturated rings. The summed E-state index contributed by atoms with van der Waals surface area (Å²) >= 11 is 0. The summed E-state index contributed by atoms with van der Waals surface area (Å²) in [6.45, 7) is 3.92. The molecule has 1 saturated carbocycles. The van der Waals surface area contributed by atoms with Crippen LogP contribution in [0.25, 0.3) is 0 Å². The van der Waals surface area contributed by atoms with E-state index in [4.69, 9.17) is 9.41 Å². The molecule has 1 aliphatic carbocycles. The first-order valence-corrected chi connectivity index (χ1v) is 11.2. The fourth-order valence-corrected chi connectivity index (χ4v) is 4.54. The number of likely N-dealkylation sites (tertiary alicyclic amines) is 1. The number of hydrogen-bond donors (Lipinski definition) is 2. The molecule has 1 aromatic carbocycles. The van der Waals surface area contributed by atoms with Gasteiger partial charge in [0.25, 0.3) is 0 Å². The van der Waals surface area contributed by atoms with Gasteiger partial charge in [-0.05, 0) is 43.4 Å². The Hall–Kier alpha value is -1.54. The molecule has 5 nitrogen and oxygen atoms in total. The summed E-state index contributed by atoms with van der Waals surface area (Å²) in [4.78, 5) is 7.57. The number of halogens is 1. The van der Waals surface area contributed by atoms with Gasteiger partial charge in [0.1, 0.15) is 5.76 Å². The summed E-state index contributed by atoms with van der Waals surface area (Å²) in [5, 5.41) is 7.21. The smallest absolute Gasteiger partial charge is 0.191 e. The van der Waals surface area contributed by atoms with E-state index in [0.29, 0.717) is 12.6 Å². The highest BCUT2D eigenvalue weighted by atomic mass is 127. The van der Waals surface area contributed by atoms with Gasteiger partial charge in [0.15, 0.2) is 5.96 Å². The second kappa shape index (κ2) is 12.3. The lowest BCUT2D eigenvalue weighted by atomic mass is 10.0. The Kier molecular flexibility index (Phi) is 9.52. The first-order valence-electron chi connectivity index (χ1n) is 11.2. The number of guanidine groups is 1. The van der Waals surface area contributed by atoms with Crippen LogP contribution in [0.4, 0.5) is 0 Å². The molecule has 2 heterocycles. The maximum Gasteiger partial charge on any atom is 0.191 e. The summed E-state index contributed by atoms with van der Waals surface area (Å²) in [7, 11) is 0. The van der Waals surface area contributed by atoms with Crippen LogP contribution < -0.4 is 10.6 Å². The average Bonchev–Trinajstić information content (AvgIpc) is 3.48. The van der Waals surface area contributed by atoms with Gasteiger partial charge in [-0.25, -0.2) is 4.99 Å². The molecule has 30 heavy (non-hydrogen) atoms. The van der Waals surface area contributed by atoms with E-state index in [1.165, 1.54) is 57.2 Å². The number of benzene rings is 1. The third kappa shape index (κ3) is 7.01. The molecule has 6 heteroatoms. The van der Waals surface area contributed by atoms with Crippen LogP contribution in [0.15, 0.2) is 58.1 Å². The zero-order valence-electron chi connectivity index (χ0n) is 17.8. The summed E-state index contributed by atoms with van der Waals surface area (Å²) in [6.07, 6.45) is 10.6. The van der Waals surface area contributed by atoms with Crippen molar-refractivity contribution in [1.29, 1.82) is 0 Å². The lowest BCUT2D eigenvalue weighted by Crippen LogP contribution is -2.50. The fourth-order valence-electron chi connectivity index (χ4n) is 4.54. The molecule has 2 aliphatic rings. The molecule has 0 amide bonds. The van der Waals surface area contributed by atoms with Crippen LogP contribution in [0.5, 0.6) is 0 Å². The largest absolute Gasteiger partial charge is 0.469 e. The summed E-state index contributed by atoms with van der Waals surface area (Å²) in [5.74, 6) is 1.92. The van der Waals surface area contributed by atoms with Crippen LogP contribution in [-0.4, -0.2) is 42.6 Å². The molecule has 0 radical (unpaired) electrons. The van der Waals surface area contributed by atoms with Crippen LogP contribution in [-0.2, 0) is 13.0 Å². The van der Waals surface area contributed by atoms with E-state index < -0.39 is 0 Å². The van der Waals surface area contributed by atoms with Crippen molar-refractivity contribution in [2.45, 2.75) is 63.6 Å². The maximum absolute atomic E-state index is 5.45. The SMILES string of the molecule is I.c1ccc(CN=C(NCCc2ccco2)NC2CCN(C3CCCC3)CC2)cc1. The van der Waals surface area contributed by atoms with E-state index in [2.05, 4.69) is 39.8 Å². The van der Waals surface area contributed by atoms with E-state index in [-0.39, 0.29) is 24.0 Å². The molecule has 0 spiro atoms. The van der Waals surface area contributed by atoms with E-state index in [0.717, 1.165) is 30.7 Å². The van der Waals surface area contributed by atoms with E-state index >= 15 is 0 Å². The predicted molar refractivity (Wildman–Crippen MR) is 133 cm³/mol. The van der Waals surface area contributed by atoms with Gasteiger partial charge in [0, 0.05) is 38.1 Å². The zero-order chi connectivity index (χ0) is 19.7. The minimum Gasteiger partial charge on any atom is -0.469 e. The second-order valence-corrected chi connectivity index (χ2v) is 8.30. The van der Waals surface area contributed by atoms with Crippen LogP contribution in [0, 0.1) is 0 Å². The minimum absolute atomic E-state index is 0. The van der Waals surface area contributed by atoms with Gasteiger partial charge >= 0.3 is 0 Å². The van der Waals surface area contributed by atoms with Crippen molar-refractivity contribution in [2.75, 3.05) is 19.6 Å². The van der Waals surface area contributed by atoms with Crippen LogP contribution >= 0.6 is 24.0 Å². The molecule has 2 N–H and O–H groups in total. The fraction of sp³-hybridized carbons (Fsp3) is 0.542. The maximum atomic E-state index is 5.45. The Labute approximate surface area is 197 Å². The van der Waals surface area contributed by atoms with Gasteiger partial charge in [-0.15, -0.1) is 24.0 Å². The monoisotopic (exact) mass is 522 g/mol. The van der Waals surface area contributed by atoms with E-state index in [1.54, 1.807) is 6.26 Å². The first kappa shape index (κ1) is 23.1. The molecule has 1 aromatic heterocycles. The van der Waals surface area contributed by atoms with Crippen molar-refractivity contribution >= 4 is 29.9 Å². The highest BCUT2D eigenvalue weighted by Gasteiger charge is 2.27. The minimum atomic E-state index is 0. The van der Waals surface area contributed by atoms with Gasteiger partial charge in [0.05, 0.1) is 12.8 Å². The van der Waals surface area contributed by atoms with Gasteiger partial charge < -0.3 is 20.0 Å². The number of hydrogen-bond acceptors (Lipinski definition) is 3. The summed E-state index contributed by atoms with van der Waals surface area (Å²) < 4.78 is 5.45. The molecule has 0 atom stereocenters. The third-order valence-corrected chi connectivity index (χ3v) is 6.22. The van der Waals surface area contributed by atoms with Crippen molar-refractivity contribution < 1.29 is 4.42 Å².